The average Bonchev–Trinajstić information content (AvgIpc) is 2.93. The SMILES string of the molecule is CCOP(=O)(O)C(F)(F)CCCOc1ccc(CCc2cnc3c(N)nc4cc(CCC(=O)O)ccc4c3c2)c(C)c1. The van der Waals surface area contributed by atoms with E-state index in [4.69, 9.17) is 15.6 Å². The first-order valence-electron chi connectivity index (χ1n) is 13.7. The number of alkyl halides is 2. The van der Waals surface area contributed by atoms with Crippen molar-refractivity contribution >= 4 is 41.2 Å². The zero-order valence-corrected chi connectivity index (χ0v) is 24.4. The molecule has 1 atom stereocenters. The molecule has 0 aliphatic heterocycles. The number of fused-ring (bicyclic) bond motifs is 3. The van der Waals surface area contributed by atoms with Gasteiger partial charge in [0.1, 0.15) is 11.3 Å². The van der Waals surface area contributed by atoms with Crippen molar-refractivity contribution < 1.29 is 37.4 Å². The van der Waals surface area contributed by atoms with Crippen LogP contribution in [0.25, 0.3) is 21.8 Å². The predicted octanol–water partition coefficient (Wildman–Crippen LogP) is 6.45. The number of nitrogens with zero attached hydrogens (tertiary/aromatic N) is 2. The van der Waals surface area contributed by atoms with Crippen LogP contribution in [0.3, 0.4) is 0 Å². The van der Waals surface area contributed by atoms with Gasteiger partial charge in [0, 0.05) is 29.8 Å². The highest BCUT2D eigenvalue weighted by atomic mass is 31.2. The van der Waals surface area contributed by atoms with Crippen LogP contribution in [-0.4, -0.2) is 44.8 Å². The number of hydrogen-bond acceptors (Lipinski definition) is 7. The molecule has 0 saturated carbocycles. The molecular weight excluding hydrogens is 567 g/mol. The van der Waals surface area contributed by atoms with E-state index >= 15 is 0 Å². The van der Waals surface area contributed by atoms with Gasteiger partial charge in [0.25, 0.3) is 0 Å². The van der Waals surface area contributed by atoms with Crippen LogP contribution >= 0.6 is 7.60 Å². The summed E-state index contributed by atoms with van der Waals surface area (Å²) in [6.07, 6.45) is 2.73. The molecule has 0 amide bonds. The lowest BCUT2D eigenvalue weighted by molar-refractivity contribution is -0.136. The highest BCUT2D eigenvalue weighted by Crippen LogP contribution is 2.59. The second kappa shape index (κ2) is 13.1. The monoisotopic (exact) mass is 601 g/mol. The number of aromatic nitrogens is 2. The maximum Gasteiger partial charge on any atom is 0.397 e. The fourth-order valence-corrected chi connectivity index (χ4v) is 5.72. The van der Waals surface area contributed by atoms with Gasteiger partial charge >= 0.3 is 19.2 Å². The maximum absolute atomic E-state index is 14.0. The molecule has 1 unspecified atom stereocenters. The minimum atomic E-state index is -5.01. The average molecular weight is 602 g/mol. The number of carboxylic acid groups (broad SMARTS) is 1. The van der Waals surface area contributed by atoms with Gasteiger partial charge < -0.3 is 25.0 Å². The molecular formula is C30H34F2N3O6P. The number of carbonyl (C=O) groups is 1. The smallest absolute Gasteiger partial charge is 0.397 e. The van der Waals surface area contributed by atoms with Crippen molar-refractivity contribution in [2.24, 2.45) is 0 Å². The Bertz CT molecular complexity index is 1650. The number of pyridine rings is 2. The van der Waals surface area contributed by atoms with Crippen molar-refractivity contribution in [2.75, 3.05) is 18.9 Å². The van der Waals surface area contributed by atoms with Crippen LogP contribution in [0.2, 0.25) is 0 Å². The van der Waals surface area contributed by atoms with Gasteiger partial charge in [0.2, 0.25) is 0 Å². The van der Waals surface area contributed by atoms with Gasteiger partial charge in [-0.3, -0.25) is 14.3 Å². The number of ether oxygens (including phenoxy) is 1. The van der Waals surface area contributed by atoms with E-state index in [0.29, 0.717) is 35.4 Å². The van der Waals surface area contributed by atoms with Gasteiger partial charge in [-0.15, -0.1) is 0 Å². The van der Waals surface area contributed by atoms with Crippen LogP contribution in [0.15, 0.2) is 48.7 Å². The van der Waals surface area contributed by atoms with Crippen molar-refractivity contribution in [3.05, 3.63) is 70.9 Å². The van der Waals surface area contributed by atoms with Crippen LogP contribution in [0, 0.1) is 6.92 Å². The summed E-state index contributed by atoms with van der Waals surface area (Å²) in [5.74, 6) is -0.0130. The molecule has 4 rings (SSSR count). The lowest BCUT2D eigenvalue weighted by Crippen LogP contribution is -2.19. The van der Waals surface area contributed by atoms with Crippen LogP contribution in [0.5, 0.6) is 5.75 Å². The van der Waals surface area contributed by atoms with E-state index in [1.165, 1.54) is 6.92 Å². The molecule has 4 aromatic rings. The Morgan fingerprint density at radius 1 is 1.07 bits per heavy atom. The fourth-order valence-electron chi connectivity index (χ4n) is 4.74. The van der Waals surface area contributed by atoms with Gasteiger partial charge in [0.05, 0.1) is 18.7 Å². The number of aryl methyl sites for hydroxylation is 4. The quantitative estimate of drug-likeness (QED) is 0.0843. The van der Waals surface area contributed by atoms with Gasteiger partial charge in [-0.1, -0.05) is 18.2 Å². The molecule has 0 aliphatic carbocycles. The van der Waals surface area contributed by atoms with Crippen molar-refractivity contribution in [3.63, 3.8) is 0 Å². The van der Waals surface area contributed by atoms with E-state index in [-0.39, 0.29) is 26.1 Å². The van der Waals surface area contributed by atoms with E-state index in [0.717, 1.165) is 39.4 Å². The summed E-state index contributed by atoms with van der Waals surface area (Å²) in [7, 11) is -5.01. The minimum Gasteiger partial charge on any atom is -0.494 e. The molecule has 12 heteroatoms. The molecule has 42 heavy (non-hydrogen) atoms. The summed E-state index contributed by atoms with van der Waals surface area (Å²) < 4.78 is 49.6. The zero-order chi connectivity index (χ0) is 30.5. The third-order valence-corrected chi connectivity index (χ3v) is 8.67. The minimum absolute atomic E-state index is 0.0315. The standard InChI is InChI=1S/C30H34F2N3O6P/c1-3-41-42(38,39)30(31,32)13-4-14-40-23-10-9-22(19(2)15-23)8-5-21-16-25-24-11-6-20(7-12-27(36)37)17-26(24)35-29(33)28(25)34-18-21/h6,9-11,15-18H,3-5,7-8,12-14H2,1-2H3,(H2,33,35)(H,36,37)(H,38,39). The van der Waals surface area contributed by atoms with Crippen LogP contribution in [-0.2, 0) is 33.1 Å². The summed E-state index contributed by atoms with van der Waals surface area (Å²) >= 11 is 0. The van der Waals surface area contributed by atoms with Gasteiger partial charge in [-0.05, 0) is 86.1 Å². The number of nitrogen functional groups attached to an aromatic ring is 1. The van der Waals surface area contributed by atoms with Crippen LogP contribution in [0.4, 0.5) is 14.6 Å². The topological polar surface area (TPSA) is 145 Å². The molecule has 2 aromatic heterocycles. The highest BCUT2D eigenvalue weighted by molar-refractivity contribution is 7.54. The first kappa shape index (κ1) is 31.3. The third kappa shape index (κ3) is 7.40. The molecule has 0 spiro atoms. The van der Waals surface area contributed by atoms with Crippen molar-refractivity contribution in [2.45, 2.75) is 58.0 Å². The number of hydrogen-bond donors (Lipinski definition) is 3. The molecule has 9 nitrogen and oxygen atoms in total. The van der Waals surface area contributed by atoms with E-state index < -0.39 is 25.6 Å². The third-order valence-electron chi connectivity index (χ3n) is 7.01. The summed E-state index contributed by atoms with van der Waals surface area (Å²) in [6.45, 7) is 3.02. The van der Waals surface area contributed by atoms with E-state index in [1.807, 2.05) is 37.3 Å². The highest BCUT2D eigenvalue weighted by Gasteiger charge is 2.50. The number of anilines is 1. The summed E-state index contributed by atoms with van der Waals surface area (Å²) in [5, 5.41) is 10.8. The van der Waals surface area contributed by atoms with Crippen LogP contribution < -0.4 is 10.5 Å². The first-order valence-corrected chi connectivity index (χ1v) is 15.2. The Kier molecular flexibility index (Phi) is 9.76. The first-order chi connectivity index (χ1) is 19.9. The lowest BCUT2D eigenvalue weighted by atomic mass is 9.99. The number of carboxylic acids is 1. The van der Waals surface area contributed by atoms with Crippen LogP contribution in [0.1, 0.15) is 48.4 Å². The number of rotatable bonds is 14. The normalized spacial score (nSPS) is 13.4. The Hall–Kier alpha value is -3.66. The van der Waals surface area contributed by atoms with E-state index in [1.54, 1.807) is 12.3 Å². The predicted molar refractivity (Wildman–Crippen MR) is 157 cm³/mol. The molecule has 0 aliphatic rings. The summed E-state index contributed by atoms with van der Waals surface area (Å²) in [5.41, 5.74) is 7.63. The van der Waals surface area contributed by atoms with Gasteiger partial charge in [0.15, 0.2) is 5.82 Å². The molecule has 0 saturated heterocycles. The summed E-state index contributed by atoms with van der Waals surface area (Å²) in [4.78, 5) is 29.4. The number of halogens is 2. The van der Waals surface area contributed by atoms with Crippen molar-refractivity contribution in [3.8, 4) is 5.75 Å². The Labute approximate surface area is 242 Å². The van der Waals surface area contributed by atoms with E-state index in [2.05, 4.69) is 20.6 Å². The van der Waals surface area contributed by atoms with E-state index in [9.17, 15) is 23.0 Å². The molecule has 224 valence electrons. The second-order valence-electron chi connectivity index (χ2n) is 10.1. The number of nitrogens with two attached hydrogens (primary N) is 1. The van der Waals surface area contributed by atoms with Crippen molar-refractivity contribution in [1.29, 1.82) is 0 Å². The summed E-state index contributed by atoms with van der Waals surface area (Å²) in [6, 6.07) is 13.3. The van der Waals surface area contributed by atoms with Gasteiger partial charge in [-0.2, -0.15) is 8.78 Å². The maximum atomic E-state index is 14.0. The van der Waals surface area contributed by atoms with Gasteiger partial charge in [-0.25, -0.2) is 4.98 Å². The molecule has 2 heterocycles. The fraction of sp³-hybridized carbons (Fsp3) is 0.367. The molecule has 2 aromatic carbocycles. The zero-order valence-electron chi connectivity index (χ0n) is 23.5. The number of aliphatic carboxylic acids is 1. The number of benzene rings is 2. The molecule has 0 radical (unpaired) electrons. The second-order valence-corrected chi connectivity index (χ2v) is 12.1. The lowest BCUT2D eigenvalue weighted by Gasteiger charge is -2.21. The Balaban J connectivity index is 1.40. The Morgan fingerprint density at radius 3 is 2.57 bits per heavy atom. The largest absolute Gasteiger partial charge is 0.494 e. The molecule has 0 bridgehead atoms. The Morgan fingerprint density at radius 2 is 1.86 bits per heavy atom. The van der Waals surface area contributed by atoms with Crippen molar-refractivity contribution in [1.82, 2.24) is 9.97 Å². The molecule has 0 fully saturated rings. The molecule has 4 N–H and O–H groups in total.